The van der Waals surface area contributed by atoms with E-state index in [4.69, 9.17) is 10.2 Å². The summed E-state index contributed by atoms with van der Waals surface area (Å²) in [5, 5.41) is 20.1. The number of β-amino-alcohol motifs (C(OH)–C–C–N with tert-alkyl or cyclic N) is 1. The lowest BCUT2D eigenvalue weighted by atomic mass is 9.96. The molecule has 3 N–H and O–H groups in total. The molecule has 11 heavy (non-hydrogen) atoms. The summed E-state index contributed by atoms with van der Waals surface area (Å²) in [6, 6.07) is -1.08. The molecule has 3 atom stereocenters. The maximum atomic E-state index is 12.8. The van der Waals surface area contributed by atoms with Gasteiger partial charge in [0, 0.05) is 6.54 Å². The van der Waals surface area contributed by atoms with Gasteiger partial charge in [-0.2, -0.15) is 0 Å². The number of rotatable bonds is 0. The Hall–Kier alpha value is -0.260. The lowest BCUT2D eigenvalue weighted by molar-refractivity contribution is -0.184. The fourth-order valence-corrected chi connectivity index (χ4v) is 1.06. The van der Waals surface area contributed by atoms with E-state index in [1.165, 1.54) is 6.92 Å². The smallest absolute Gasteiger partial charge is 0.290 e. The summed E-state index contributed by atoms with van der Waals surface area (Å²) >= 11 is 0. The highest BCUT2D eigenvalue weighted by atomic mass is 19.3. The zero-order valence-corrected chi connectivity index (χ0v) is 6.09. The van der Waals surface area contributed by atoms with Crippen molar-refractivity contribution in [2.45, 2.75) is 31.1 Å². The Labute approximate surface area is 63.0 Å². The third kappa shape index (κ3) is 1.36. The summed E-state index contributed by atoms with van der Waals surface area (Å²) in [4.78, 5) is 0. The summed E-state index contributed by atoms with van der Waals surface area (Å²) < 4.78 is 25.5. The predicted molar refractivity (Wildman–Crippen MR) is 34.4 cm³/mol. The highest BCUT2D eigenvalue weighted by Crippen LogP contribution is 2.28. The van der Waals surface area contributed by atoms with Crippen LogP contribution in [0.1, 0.15) is 6.92 Å². The molecule has 1 saturated heterocycles. The third-order valence-corrected chi connectivity index (χ3v) is 1.97. The minimum atomic E-state index is -3.24. The van der Waals surface area contributed by atoms with E-state index in [9.17, 15) is 8.78 Å². The summed E-state index contributed by atoms with van der Waals surface area (Å²) in [5.41, 5.74) is 0. The molecule has 1 fully saturated rings. The van der Waals surface area contributed by atoms with Gasteiger partial charge in [-0.1, -0.05) is 0 Å². The molecule has 0 spiro atoms. The predicted octanol–water partition coefficient (Wildman–Crippen LogP) is -0.665. The van der Waals surface area contributed by atoms with Gasteiger partial charge in [0.2, 0.25) is 0 Å². The van der Waals surface area contributed by atoms with E-state index in [0.29, 0.717) is 0 Å². The Morgan fingerprint density at radius 1 is 1.45 bits per heavy atom. The average Bonchev–Trinajstić information content (AvgIpc) is 1.95. The number of aliphatic hydroxyl groups excluding tert-OH is 2. The minimum absolute atomic E-state index is 0.0118. The van der Waals surface area contributed by atoms with E-state index in [-0.39, 0.29) is 6.54 Å². The van der Waals surface area contributed by atoms with E-state index < -0.39 is 24.2 Å². The molecule has 1 heterocycles. The Bertz CT molecular complexity index is 154. The molecule has 1 rings (SSSR count). The zero-order chi connectivity index (χ0) is 8.65. The number of hydrogen-bond acceptors (Lipinski definition) is 3. The molecule has 66 valence electrons. The maximum Gasteiger partial charge on any atom is 0.290 e. The van der Waals surface area contributed by atoms with Gasteiger partial charge in [-0.3, -0.25) is 0 Å². The van der Waals surface area contributed by atoms with Gasteiger partial charge in [-0.05, 0) is 6.92 Å². The highest BCUT2D eigenvalue weighted by molar-refractivity contribution is 4.96. The van der Waals surface area contributed by atoms with E-state index in [1.807, 2.05) is 0 Å². The van der Waals surface area contributed by atoms with Gasteiger partial charge in [-0.25, -0.2) is 8.78 Å². The van der Waals surface area contributed by atoms with E-state index in [1.54, 1.807) is 0 Å². The van der Waals surface area contributed by atoms with Crippen LogP contribution in [0, 0.1) is 0 Å². The van der Waals surface area contributed by atoms with Gasteiger partial charge in [0.25, 0.3) is 5.92 Å². The highest BCUT2D eigenvalue weighted by Gasteiger charge is 2.50. The number of alkyl halides is 2. The van der Waals surface area contributed by atoms with Crippen LogP contribution < -0.4 is 5.32 Å². The molecular weight excluding hydrogens is 156 g/mol. The van der Waals surface area contributed by atoms with Crippen molar-refractivity contribution in [1.29, 1.82) is 0 Å². The molecule has 0 aliphatic carbocycles. The standard InChI is InChI=1S/C6H11F2NO2/c1-3-6(7,8)5(11)4(10)2-9-3/h3-5,9-11H,2H2,1H3/t3-,4+,5-/m0/s1. The molecule has 0 amide bonds. The second-order valence-electron chi connectivity index (χ2n) is 2.82. The molecule has 5 heteroatoms. The van der Waals surface area contributed by atoms with Crippen molar-refractivity contribution in [3.63, 3.8) is 0 Å². The zero-order valence-electron chi connectivity index (χ0n) is 6.09. The topological polar surface area (TPSA) is 52.5 Å². The number of piperidine rings is 1. The summed E-state index contributed by atoms with van der Waals surface area (Å²) in [6.07, 6.45) is -3.32. The summed E-state index contributed by atoms with van der Waals surface area (Å²) in [7, 11) is 0. The SMILES string of the molecule is C[C@@H]1NC[C@@H](O)[C@H](O)C1(F)F. The number of hydrogen-bond donors (Lipinski definition) is 3. The van der Waals surface area contributed by atoms with Gasteiger partial charge in [0.05, 0.1) is 12.1 Å². The molecule has 3 nitrogen and oxygen atoms in total. The van der Waals surface area contributed by atoms with Gasteiger partial charge in [0.1, 0.15) is 6.10 Å². The number of aliphatic hydroxyl groups is 2. The second kappa shape index (κ2) is 2.66. The maximum absolute atomic E-state index is 12.8. The Morgan fingerprint density at radius 2 is 2.00 bits per heavy atom. The van der Waals surface area contributed by atoms with E-state index in [0.717, 1.165) is 0 Å². The molecule has 0 aromatic rings. The molecule has 0 unspecified atom stereocenters. The lowest BCUT2D eigenvalue weighted by Crippen LogP contribution is -2.62. The summed E-state index contributed by atoms with van der Waals surface area (Å²) in [5.74, 6) is -3.24. The van der Waals surface area contributed by atoms with Crippen LogP contribution >= 0.6 is 0 Å². The molecule has 0 saturated carbocycles. The molecule has 1 aliphatic rings. The summed E-state index contributed by atoms with van der Waals surface area (Å²) in [6.45, 7) is 1.28. The van der Waals surface area contributed by atoms with Crippen molar-refractivity contribution in [2.75, 3.05) is 6.54 Å². The first-order chi connectivity index (χ1) is 4.96. The molecule has 1 aliphatic heterocycles. The van der Waals surface area contributed by atoms with Gasteiger partial charge in [0.15, 0.2) is 0 Å². The molecule has 0 bridgehead atoms. The van der Waals surface area contributed by atoms with Gasteiger partial charge in [-0.15, -0.1) is 0 Å². The second-order valence-corrected chi connectivity index (χ2v) is 2.82. The van der Waals surface area contributed by atoms with Crippen LogP contribution in [0.15, 0.2) is 0 Å². The van der Waals surface area contributed by atoms with Crippen LogP contribution in [0.4, 0.5) is 8.78 Å². The third-order valence-electron chi connectivity index (χ3n) is 1.97. The molecular formula is C6H11F2NO2. The number of nitrogens with one attached hydrogen (secondary N) is 1. The van der Waals surface area contributed by atoms with Gasteiger partial charge < -0.3 is 15.5 Å². The van der Waals surface area contributed by atoms with Crippen molar-refractivity contribution >= 4 is 0 Å². The lowest BCUT2D eigenvalue weighted by Gasteiger charge is -2.37. The van der Waals surface area contributed by atoms with Crippen LogP contribution in [0.25, 0.3) is 0 Å². The first-order valence-corrected chi connectivity index (χ1v) is 3.43. The molecule has 0 aromatic heterocycles. The monoisotopic (exact) mass is 167 g/mol. The van der Waals surface area contributed by atoms with Crippen LogP contribution in [0.5, 0.6) is 0 Å². The first kappa shape index (κ1) is 8.83. The van der Waals surface area contributed by atoms with Gasteiger partial charge >= 0.3 is 0 Å². The first-order valence-electron chi connectivity index (χ1n) is 3.43. The largest absolute Gasteiger partial charge is 0.389 e. The molecule has 0 radical (unpaired) electrons. The van der Waals surface area contributed by atoms with Crippen LogP contribution in [0.3, 0.4) is 0 Å². The van der Waals surface area contributed by atoms with Crippen LogP contribution in [-0.4, -0.2) is 40.9 Å². The fraction of sp³-hybridized carbons (Fsp3) is 1.00. The van der Waals surface area contributed by atoms with Crippen molar-refractivity contribution in [3.05, 3.63) is 0 Å². The minimum Gasteiger partial charge on any atom is -0.389 e. The van der Waals surface area contributed by atoms with Crippen molar-refractivity contribution < 1.29 is 19.0 Å². The van der Waals surface area contributed by atoms with Crippen LogP contribution in [0.2, 0.25) is 0 Å². The van der Waals surface area contributed by atoms with Crippen molar-refractivity contribution in [3.8, 4) is 0 Å². The Kier molecular flexibility index (Phi) is 2.13. The van der Waals surface area contributed by atoms with E-state index in [2.05, 4.69) is 5.32 Å². The van der Waals surface area contributed by atoms with Crippen LogP contribution in [-0.2, 0) is 0 Å². The normalized spacial score (nSPS) is 43.9. The van der Waals surface area contributed by atoms with Crippen molar-refractivity contribution in [2.24, 2.45) is 0 Å². The Balaban J connectivity index is 2.72. The average molecular weight is 167 g/mol. The fourth-order valence-electron chi connectivity index (χ4n) is 1.06. The van der Waals surface area contributed by atoms with Crippen molar-refractivity contribution in [1.82, 2.24) is 5.32 Å². The molecule has 0 aromatic carbocycles. The van der Waals surface area contributed by atoms with E-state index >= 15 is 0 Å². The Morgan fingerprint density at radius 3 is 2.45 bits per heavy atom. The number of halogens is 2. The quantitative estimate of drug-likeness (QED) is 0.448.